The molecular weight excluding hydrogens is 212 g/mol. The molecule has 1 heterocycles. The Morgan fingerprint density at radius 1 is 1.41 bits per heavy atom. The van der Waals surface area contributed by atoms with Crippen molar-refractivity contribution in [1.29, 1.82) is 0 Å². The minimum atomic E-state index is 0.721. The van der Waals surface area contributed by atoms with Gasteiger partial charge in [-0.1, -0.05) is 17.7 Å². The van der Waals surface area contributed by atoms with E-state index in [4.69, 9.17) is 0 Å². The van der Waals surface area contributed by atoms with E-state index in [0.29, 0.717) is 0 Å². The predicted molar refractivity (Wildman–Crippen MR) is 66.0 cm³/mol. The van der Waals surface area contributed by atoms with E-state index in [2.05, 4.69) is 40.5 Å². The molecule has 4 heteroatoms. The minimum absolute atomic E-state index is 0.721. The van der Waals surface area contributed by atoms with Crippen molar-refractivity contribution in [1.82, 2.24) is 20.1 Å². The largest absolute Gasteiger partial charge is 0.310 e. The Morgan fingerprint density at radius 3 is 3.00 bits per heavy atom. The molecule has 0 aliphatic heterocycles. The molecule has 0 saturated heterocycles. The van der Waals surface area contributed by atoms with Gasteiger partial charge in [0.15, 0.2) is 0 Å². The van der Waals surface area contributed by atoms with Crippen LogP contribution in [0.2, 0.25) is 0 Å². The van der Waals surface area contributed by atoms with Crippen molar-refractivity contribution < 1.29 is 0 Å². The molecular formula is C13H16N4. The van der Waals surface area contributed by atoms with Crippen LogP contribution in [0.3, 0.4) is 0 Å². The van der Waals surface area contributed by atoms with Gasteiger partial charge in [-0.25, -0.2) is 9.67 Å². The summed E-state index contributed by atoms with van der Waals surface area (Å²) in [5.74, 6) is 0. The van der Waals surface area contributed by atoms with Crippen LogP contribution in [0.4, 0.5) is 0 Å². The fourth-order valence-corrected chi connectivity index (χ4v) is 1.95. The van der Waals surface area contributed by atoms with Crippen LogP contribution in [0.15, 0.2) is 30.9 Å². The molecule has 0 atom stereocenters. The van der Waals surface area contributed by atoms with Gasteiger partial charge in [-0.05, 0) is 31.4 Å². The van der Waals surface area contributed by atoms with Gasteiger partial charge in [0.05, 0.1) is 5.69 Å². The minimum Gasteiger partial charge on any atom is -0.310 e. The van der Waals surface area contributed by atoms with Crippen molar-refractivity contribution in [2.75, 3.05) is 0 Å². The van der Waals surface area contributed by atoms with Crippen LogP contribution in [-0.2, 0) is 6.54 Å². The van der Waals surface area contributed by atoms with E-state index in [1.54, 1.807) is 12.7 Å². The molecule has 1 aliphatic rings. The quantitative estimate of drug-likeness (QED) is 0.868. The molecule has 2 aromatic rings. The van der Waals surface area contributed by atoms with Gasteiger partial charge in [-0.3, -0.25) is 0 Å². The molecule has 3 rings (SSSR count). The molecule has 17 heavy (non-hydrogen) atoms. The molecule has 0 bridgehead atoms. The first-order chi connectivity index (χ1) is 8.33. The average Bonchev–Trinajstić information content (AvgIpc) is 3.00. The van der Waals surface area contributed by atoms with Crippen molar-refractivity contribution in [2.24, 2.45) is 0 Å². The van der Waals surface area contributed by atoms with Crippen molar-refractivity contribution >= 4 is 0 Å². The highest BCUT2D eigenvalue weighted by Crippen LogP contribution is 2.21. The molecule has 4 nitrogen and oxygen atoms in total. The number of aromatic nitrogens is 3. The molecule has 1 saturated carbocycles. The highest BCUT2D eigenvalue weighted by molar-refractivity contribution is 5.42. The lowest BCUT2D eigenvalue weighted by atomic mass is 10.1. The standard InChI is InChI=1S/C13H16N4/c1-10-2-5-13(17-9-14-8-16-17)11(6-10)7-15-12-3-4-12/h2,5-6,8-9,12,15H,3-4,7H2,1H3. The fourth-order valence-electron chi connectivity index (χ4n) is 1.95. The molecule has 0 radical (unpaired) electrons. The zero-order chi connectivity index (χ0) is 11.7. The van der Waals surface area contributed by atoms with Gasteiger partial charge >= 0.3 is 0 Å². The lowest BCUT2D eigenvalue weighted by molar-refractivity contribution is 0.680. The van der Waals surface area contributed by atoms with E-state index in [0.717, 1.165) is 18.3 Å². The summed E-state index contributed by atoms with van der Waals surface area (Å²) in [5.41, 5.74) is 3.67. The van der Waals surface area contributed by atoms with Crippen LogP contribution >= 0.6 is 0 Å². The second-order valence-electron chi connectivity index (χ2n) is 4.63. The van der Waals surface area contributed by atoms with Crippen LogP contribution in [-0.4, -0.2) is 20.8 Å². The van der Waals surface area contributed by atoms with E-state index in [1.165, 1.54) is 24.0 Å². The second kappa shape index (κ2) is 4.30. The van der Waals surface area contributed by atoms with Crippen LogP contribution in [0.25, 0.3) is 5.69 Å². The molecule has 1 aromatic heterocycles. The first kappa shape index (κ1) is 10.5. The molecule has 1 aromatic carbocycles. The maximum absolute atomic E-state index is 4.20. The summed E-state index contributed by atoms with van der Waals surface area (Å²) in [6, 6.07) is 7.15. The number of hydrogen-bond acceptors (Lipinski definition) is 3. The Hall–Kier alpha value is -1.68. The SMILES string of the molecule is Cc1ccc(-n2cncn2)c(CNC2CC2)c1. The van der Waals surface area contributed by atoms with Gasteiger partial charge in [0.2, 0.25) is 0 Å². The Balaban J connectivity index is 1.89. The van der Waals surface area contributed by atoms with Gasteiger partial charge in [-0.15, -0.1) is 0 Å². The molecule has 0 amide bonds. The Bertz CT molecular complexity index is 500. The van der Waals surface area contributed by atoms with Crippen LogP contribution in [0.1, 0.15) is 24.0 Å². The van der Waals surface area contributed by atoms with Gasteiger partial charge in [-0.2, -0.15) is 5.10 Å². The van der Waals surface area contributed by atoms with E-state index < -0.39 is 0 Å². The zero-order valence-electron chi connectivity index (χ0n) is 9.93. The van der Waals surface area contributed by atoms with Crippen molar-refractivity contribution in [3.63, 3.8) is 0 Å². The monoisotopic (exact) mass is 228 g/mol. The normalized spacial score (nSPS) is 15.1. The Kier molecular flexibility index (Phi) is 2.65. The highest BCUT2D eigenvalue weighted by Gasteiger charge is 2.20. The highest BCUT2D eigenvalue weighted by atomic mass is 15.3. The van der Waals surface area contributed by atoms with Gasteiger partial charge < -0.3 is 5.32 Å². The van der Waals surface area contributed by atoms with Crippen molar-refractivity contribution in [2.45, 2.75) is 32.4 Å². The summed E-state index contributed by atoms with van der Waals surface area (Å²) in [4.78, 5) is 4.00. The third-order valence-electron chi connectivity index (χ3n) is 3.06. The molecule has 1 fully saturated rings. The van der Waals surface area contributed by atoms with E-state index in [-0.39, 0.29) is 0 Å². The van der Waals surface area contributed by atoms with E-state index in [1.807, 2.05) is 4.68 Å². The first-order valence-corrected chi connectivity index (χ1v) is 6.01. The molecule has 0 spiro atoms. The smallest absolute Gasteiger partial charge is 0.138 e. The number of benzene rings is 1. The predicted octanol–water partition coefficient (Wildman–Crippen LogP) is 1.83. The average molecular weight is 228 g/mol. The number of nitrogens with one attached hydrogen (secondary N) is 1. The summed E-state index contributed by atoms with van der Waals surface area (Å²) in [6.45, 7) is 3.02. The molecule has 1 aliphatic carbocycles. The van der Waals surface area contributed by atoms with Crippen LogP contribution < -0.4 is 5.32 Å². The topological polar surface area (TPSA) is 42.7 Å². The van der Waals surface area contributed by atoms with Crippen molar-refractivity contribution in [3.8, 4) is 5.69 Å². The third kappa shape index (κ3) is 2.36. The molecule has 1 N–H and O–H groups in total. The summed E-state index contributed by atoms with van der Waals surface area (Å²) >= 11 is 0. The van der Waals surface area contributed by atoms with Gasteiger partial charge in [0.1, 0.15) is 12.7 Å². The number of rotatable bonds is 4. The second-order valence-corrected chi connectivity index (χ2v) is 4.63. The van der Waals surface area contributed by atoms with E-state index in [9.17, 15) is 0 Å². The number of nitrogens with zero attached hydrogens (tertiary/aromatic N) is 3. The van der Waals surface area contributed by atoms with Gasteiger partial charge in [0.25, 0.3) is 0 Å². The summed E-state index contributed by atoms with van der Waals surface area (Å²) in [7, 11) is 0. The summed E-state index contributed by atoms with van der Waals surface area (Å²) in [5, 5.41) is 7.74. The lowest BCUT2D eigenvalue weighted by Crippen LogP contribution is -2.17. The zero-order valence-corrected chi connectivity index (χ0v) is 9.93. The Morgan fingerprint density at radius 2 is 2.29 bits per heavy atom. The number of hydrogen-bond donors (Lipinski definition) is 1. The molecule has 0 unspecified atom stereocenters. The third-order valence-corrected chi connectivity index (χ3v) is 3.06. The van der Waals surface area contributed by atoms with Crippen molar-refractivity contribution in [3.05, 3.63) is 42.0 Å². The first-order valence-electron chi connectivity index (χ1n) is 6.01. The van der Waals surface area contributed by atoms with Crippen LogP contribution in [0.5, 0.6) is 0 Å². The van der Waals surface area contributed by atoms with E-state index >= 15 is 0 Å². The van der Waals surface area contributed by atoms with Crippen LogP contribution in [0, 0.1) is 6.92 Å². The lowest BCUT2D eigenvalue weighted by Gasteiger charge is -2.11. The fraction of sp³-hybridized carbons (Fsp3) is 0.385. The molecule has 88 valence electrons. The number of aryl methyl sites for hydroxylation is 1. The maximum atomic E-state index is 4.20. The van der Waals surface area contributed by atoms with Gasteiger partial charge in [0, 0.05) is 12.6 Å². The summed E-state index contributed by atoms with van der Waals surface area (Å²) < 4.78 is 1.82. The maximum Gasteiger partial charge on any atom is 0.138 e. The summed E-state index contributed by atoms with van der Waals surface area (Å²) in [6.07, 6.45) is 5.93. The Labute approximate surface area is 101 Å².